The predicted molar refractivity (Wildman–Crippen MR) is 98.4 cm³/mol. The fourth-order valence-corrected chi connectivity index (χ4v) is 2.36. The SMILES string of the molecule is COC(=O)c1cc(O)c(OCC(O)COCc2ccccc2)cc1C(=O)OC. The van der Waals surface area contributed by atoms with E-state index in [9.17, 15) is 19.8 Å². The molecule has 150 valence electrons. The zero-order valence-electron chi connectivity index (χ0n) is 15.6. The van der Waals surface area contributed by atoms with E-state index < -0.39 is 18.0 Å². The van der Waals surface area contributed by atoms with Crippen molar-refractivity contribution < 1.29 is 38.7 Å². The molecule has 8 nitrogen and oxygen atoms in total. The van der Waals surface area contributed by atoms with Crippen LogP contribution in [0.25, 0.3) is 0 Å². The third-order valence-corrected chi connectivity index (χ3v) is 3.76. The van der Waals surface area contributed by atoms with Gasteiger partial charge in [0, 0.05) is 0 Å². The molecular formula is C20H22O8. The topological polar surface area (TPSA) is 112 Å². The summed E-state index contributed by atoms with van der Waals surface area (Å²) in [7, 11) is 2.31. The first-order valence-corrected chi connectivity index (χ1v) is 8.42. The lowest BCUT2D eigenvalue weighted by Crippen LogP contribution is -2.23. The highest BCUT2D eigenvalue weighted by Gasteiger charge is 2.22. The lowest BCUT2D eigenvalue weighted by atomic mass is 10.1. The Kier molecular flexibility index (Phi) is 7.79. The maximum absolute atomic E-state index is 11.9. The second kappa shape index (κ2) is 10.3. The molecule has 0 radical (unpaired) electrons. The molecule has 0 amide bonds. The highest BCUT2D eigenvalue weighted by molar-refractivity contribution is 6.04. The van der Waals surface area contributed by atoms with Crippen LogP contribution in [0.5, 0.6) is 11.5 Å². The number of aliphatic hydroxyl groups is 1. The summed E-state index contributed by atoms with van der Waals surface area (Å²) in [5, 5.41) is 20.0. The number of hydrogen-bond acceptors (Lipinski definition) is 8. The standard InChI is InChI=1S/C20H22O8/c1-25-19(23)15-8-17(22)18(9-16(15)20(24)26-2)28-12-14(21)11-27-10-13-6-4-3-5-7-13/h3-9,14,21-22H,10-12H2,1-2H3. The molecule has 0 aliphatic heterocycles. The van der Waals surface area contributed by atoms with E-state index >= 15 is 0 Å². The van der Waals surface area contributed by atoms with Crippen LogP contribution < -0.4 is 4.74 Å². The quantitative estimate of drug-likeness (QED) is 0.625. The molecule has 2 aromatic carbocycles. The zero-order chi connectivity index (χ0) is 20.5. The summed E-state index contributed by atoms with van der Waals surface area (Å²) in [6.07, 6.45) is -0.968. The highest BCUT2D eigenvalue weighted by atomic mass is 16.5. The van der Waals surface area contributed by atoms with Gasteiger partial charge in [-0.25, -0.2) is 9.59 Å². The molecule has 2 aromatic rings. The number of esters is 2. The van der Waals surface area contributed by atoms with Gasteiger partial charge in [0.15, 0.2) is 11.5 Å². The Labute approximate surface area is 162 Å². The van der Waals surface area contributed by atoms with Crippen LogP contribution in [0.2, 0.25) is 0 Å². The lowest BCUT2D eigenvalue weighted by molar-refractivity contribution is 0.00506. The Hall–Kier alpha value is -3.10. The molecule has 1 atom stereocenters. The number of methoxy groups -OCH3 is 2. The van der Waals surface area contributed by atoms with Crippen molar-refractivity contribution in [3.8, 4) is 11.5 Å². The monoisotopic (exact) mass is 390 g/mol. The first kappa shape index (κ1) is 21.2. The molecule has 0 bridgehead atoms. The van der Waals surface area contributed by atoms with Gasteiger partial charge in [-0.3, -0.25) is 0 Å². The maximum Gasteiger partial charge on any atom is 0.338 e. The molecule has 0 saturated carbocycles. The molecule has 0 fully saturated rings. The van der Waals surface area contributed by atoms with Gasteiger partial charge >= 0.3 is 11.9 Å². The van der Waals surface area contributed by atoms with E-state index in [1.54, 1.807) is 0 Å². The first-order chi connectivity index (χ1) is 13.5. The Bertz CT molecular complexity index is 803. The summed E-state index contributed by atoms with van der Waals surface area (Å²) in [5.41, 5.74) is 0.678. The lowest BCUT2D eigenvalue weighted by Gasteiger charge is -2.15. The third kappa shape index (κ3) is 5.70. The van der Waals surface area contributed by atoms with Gasteiger partial charge in [0.05, 0.1) is 38.6 Å². The number of carbonyl (C=O) groups is 2. The van der Waals surface area contributed by atoms with Gasteiger partial charge in [-0.2, -0.15) is 0 Å². The summed E-state index contributed by atoms with van der Waals surface area (Å²) >= 11 is 0. The van der Waals surface area contributed by atoms with Gasteiger partial charge in [-0.05, 0) is 17.7 Å². The number of hydrogen-bond donors (Lipinski definition) is 2. The van der Waals surface area contributed by atoms with Gasteiger partial charge in [-0.15, -0.1) is 0 Å². The van der Waals surface area contributed by atoms with Crippen LogP contribution in [0.15, 0.2) is 42.5 Å². The molecule has 0 aromatic heterocycles. The van der Waals surface area contributed by atoms with Crippen LogP contribution in [-0.2, 0) is 20.8 Å². The van der Waals surface area contributed by atoms with E-state index in [-0.39, 0.29) is 35.8 Å². The first-order valence-electron chi connectivity index (χ1n) is 8.42. The van der Waals surface area contributed by atoms with Crippen molar-refractivity contribution in [2.24, 2.45) is 0 Å². The van der Waals surface area contributed by atoms with Gasteiger partial charge in [0.2, 0.25) is 0 Å². The minimum absolute atomic E-state index is 0.0137. The largest absolute Gasteiger partial charge is 0.504 e. The van der Waals surface area contributed by atoms with Crippen molar-refractivity contribution >= 4 is 11.9 Å². The van der Waals surface area contributed by atoms with Crippen LogP contribution in [0.1, 0.15) is 26.3 Å². The number of phenolic OH excluding ortho intramolecular Hbond substituents is 1. The van der Waals surface area contributed by atoms with Crippen molar-refractivity contribution in [3.05, 3.63) is 59.2 Å². The summed E-state index contributed by atoms with van der Waals surface area (Å²) < 4.78 is 20.0. The molecule has 0 saturated heterocycles. The second-order valence-electron chi connectivity index (χ2n) is 5.81. The Balaban J connectivity index is 1.98. The van der Waals surface area contributed by atoms with Crippen LogP contribution in [0, 0.1) is 0 Å². The zero-order valence-corrected chi connectivity index (χ0v) is 15.6. The number of ether oxygens (including phenoxy) is 4. The van der Waals surface area contributed by atoms with Crippen LogP contribution in [0.3, 0.4) is 0 Å². The number of aliphatic hydroxyl groups excluding tert-OH is 1. The summed E-state index contributed by atoms with van der Waals surface area (Å²) in [4.78, 5) is 23.7. The molecule has 2 rings (SSSR count). The third-order valence-electron chi connectivity index (χ3n) is 3.76. The Morgan fingerprint density at radius 1 is 0.964 bits per heavy atom. The smallest absolute Gasteiger partial charge is 0.338 e. The molecule has 0 aliphatic carbocycles. The van der Waals surface area contributed by atoms with E-state index in [4.69, 9.17) is 9.47 Å². The fraction of sp³-hybridized carbons (Fsp3) is 0.300. The number of aromatic hydroxyl groups is 1. The number of phenols is 1. The summed E-state index contributed by atoms with van der Waals surface area (Å²) in [6, 6.07) is 11.7. The van der Waals surface area contributed by atoms with Crippen molar-refractivity contribution in [1.29, 1.82) is 0 Å². The van der Waals surface area contributed by atoms with Crippen molar-refractivity contribution in [2.75, 3.05) is 27.4 Å². The summed E-state index contributed by atoms with van der Waals surface area (Å²) in [6.45, 7) is 0.157. The minimum Gasteiger partial charge on any atom is -0.504 e. The molecule has 2 N–H and O–H groups in total. The second-order valence-corrected chi connectivity index (χ2v) is 5.81. The highest BCUT2D eigenvalue weighted by Crippen LogP contribution is 2.31. The molecular weight excluding hydrogens is 368 g/mol. The predicted octanol–water partition coefficient (Wildman–Crippen LogP) is 1.92. The minimum atomic E-state index is -0.968. The molecule has 1 unspecified atom stereocenters. The number of rotatable bonds is 9. The van der Waals surface area contributed by atoms with Gasteiger partial charge in [0.25, 0.3) is 0 Å². The van der Waals surface area contributed by atoms with Crippen molar-refractivity contribution in [1.82, 2.24) is 0 Å². The molecule has 0 spiro atoms. The van der Waals surface area contributed by atoms with E-state index in [0.29, 0.717) is 6.61 Å². The fourth-order valence-electron chi connectivity index (χ4n) is 2.36. The molecule has 0 aliphatic rings. The van der Waals surface area contributed by atoms with E-state index in [1.165, 1.54) is 0 Å². The molecule has 28 heavy (non-hydrogen) atoms. The Morgan fingerprint density at radius 2 is 1.57 bits per heavy atom. The van der Waals surface area contributed by atoms with Crippen LogP contribution >= 0.6 is 0 Å². The van der Waals surface area contributed by atoms with Gasteiger partial charge in [0.1, 0.15) is 12.7 Å². The van der Waals surface area contributed by atoms with E-state index in [2.05, 4.69) is 9.47 Å². The average molecular weight is 390 g/mol. The van der Waals surface area contributed by atoms with Crippen molar-refractivity contribution in [2.45, 2.75) is 12.7 Å². The number of carbonyl (C=O) groups excluding carboxylic acids is 2. The van der Waals surface area contributed by atoms with Crippen molar-refractivity contribution in [3.63, 3.8) is 0 Å². The molecule has 8 heteroatoms. The average Bonchev–Trinajstić information content (AvgIpc) is 2.72. The Morgan fingerprint density at radius 3 is 2.18 bits per heavy atom. The molecule has 0 heterocycles. The normalized spacial score (nSPS) is 11.5. The van der Waals surface area contributed by atoms with Crippen LogP contribution in [0.4, 0.5) is 0 Å². The number of benzene rings is 2. The van der Waals surface area contributed by atoms with Gasteiger partial charge < -0.3 is 29.2 Å². The van der Waals surface area contributed by atoms with Crippen LogP contribution in [-0.4, -0.2) is 55.7 Å². The van der Waals surface area contributed by atoms with Gasteiger partial charge in [-0.1, -0.05) is 30.3 Å². The summed E-state index contributed by atoms with van der Waals surface area (Å²) in [5.74, 6) is -2.07. The van der Waals surface area contributed by atoms with E-state index in [1.807, 2.05) is 30.3 Å². The van der Waals surface area contributed by atoms with E-state index in [0.717, 1.165) is 31.9 Å². The maximum atomic E-state index is 11.9.